The van der Waals surface area contributed by atoms with Crippen molar-refractivity contribution in [2.45, 2.75) is 26.3 Å². The highest BCUT2D eigenvalue weighted by molar-refractivity contribution is 5.96. The molecule has 0 saturated heterocycles. The molecule has 0 unspecified atom stereocenters. The van der Waals surface area contributed by atoms with Crippen molar-refractivity contribution in [2.24, 2.45) is 5.92 Å². The van der Waals surface area contributed by atoms with Gasteiger partial charge in [-0.05, 0) is 36.6 Å². The van der Waals surface area contributed by atoms with Gasteiger partial charge in [0, 0.05) is 5.56 Å². The summed E-state index contributed by atoms with van der Waals surface area (Å²) in [6.07, 6.45) is 0.536. The van der Waals surface area contributed by atoms with Gasteiger partial charge in [-0.25, -0.2) is 4.79 Å². The van der Waals surface area contributed by atoms with E-state index in [-0.39, 0.29) is 11.8 Å². The summed E-state index contributed by atoms with van der Waals surface area (Å²) in [4.78, 5) is 23.8. The van der Waals surface area contributed by atoms with Gasteiger partial charge in [-0.2, -0.15) is 0 Å². The van der Waals surface area contributed by atoms with E-state index in [9.17, 15) is 9.59 Å². The Kier molecular flexibility index (Phi) is 6.03. The van der Waals surface area contributed by atoms with Gasteiger partial charge in [-0.1, -0.05) is 13.8 Å². The molecule has 0 spiro atoms. The summed E-state index contributed by atoms with van der Waals surface area (Å²) in [5, 5.41) is 2.70. The van der Waals surface area contributed by atoms with Crippen LogP contribution in [0.25, 0.3) is 0 Å². The zero-order valence-corrected chi connectivity index (χ0v) is 12.3. The normalized spacial score (nSPS) is 11.8. The number of esters is 1. The molecule has 1 rings (SSSR count). The van der Waals surface area contributed by atoms with E-state index in [0.29, 0.717) is 17.7 Å². The summed E-state index contributed by atoms with van der Waals surface area (Å²) in [5.41, 5.74) is 0.475. The first-order valence-corrected chi connectivity index (χ1v) is 6.50. The largest absolute Gasteiger partial charge is 0.497 e. The van der Waals surface area contributed by atoms with Crippen LogP contribution >= 0.6 is 0 Å². The molecule has 20 heavy (non-hydrogen) atoms. The van der Waals surface area contributed by atoms with Crippen LogP contribution in [0.1, 0.15) is 30.6 Å². The summed E-state index contributed by atoms with van der Waals surface area (Å²) in [5.74, 6) is 0.216. The molecule has 5 nitrogen and oxygen atoms in total. The standard InChI is InChI=1S/C15H21NO4/c1-10(2)9-13(15(18)20-4)16-14(17)11-5-7-12(19-3)8-6-11/h5-8,10,13H,9H2,1-4H3,(H,16,17)/t13-/m0/s1. The monoisotopic (exact) mass is 279 g/mol. The van der Waals surface area contributed by atoms with E-state index >= 15 is 0 Å². The lowest BCUT2D eigenvalue weighted by Gasteiger charge is -2.18. The number of ether oxygens (including phenoxy) is 2. The Morgan fingerprint density at radius 2 is 1.75 bits per heavy atom. The molecule has 1 N–H and O–H groups in total. The van der Waals surface area contributed by atoms with Crippen molar-refractivity contribution in [3.63, 3.8) is 0 Å². The average Bonchev–Trinajstić information content (AvgIpc) is 2.45. The summed E-state index contributed by atoms with van der Waals surface area (Å²) in [6, 6.07) is 6.07. The quantitative estimate of drug-likeness (QED) is 0.809. The third-order valence-electron chi connectivity index (χ3n) is 2.85. The van der Waals surface area contributed by atoms with Crippen LogP contribution in [0.3, 0.4) is 0 Å². The van der Waals surface area contributed by atoms with E-state index in [1.54, 1.807) is 31.4 Å². The molecule has 0 bridgehead atoms. The summed E-state index contributed by atoms with van der Waals surface area (Å²) >= 11 is 0. The lowest BCUT2D eigenvalue weighted by molar-refractivity contribution is -0.143. The number of carbonyl (C=O) groups excluding carboxylic acids is 2. The molecule has 1 aromatic carbocycles. The molecule has 0 heterocycles. The fourth-order valence-electron chi connectivity index (χ4n) is 1.81. The second kappa shape index (κ2) is 7.53. The maximum absolute atomic E-state index is 12.1. The lowest BCUT2D eigenvalue weighted by atomic mass is 10.0. The van der Waals surface area contributed by atoms with Crippen molar-refractivity contribution in [2.75, 3.05) is 14.2 Å². The number of carbonyl (C=O) groups is 2. The lowest BCUT2D eigenvalue weighted by Crippen LogP contribution is -2.42. The van der Waals surface area contributed by atoms with Crippen molar-refractivity contribution in [3.05, 3.63) is 29.8 Å². The second-order valence-corrected chi connectivity index (χ2v) is 4.91. The Bertz CT molecular complexity index is 453. The van der Waals surface area contributed by atoms with E-state index in [2.05, 4.69) is 5.32 Å². The molecule has 1 amide bonds. The molecule has 0 saturated carbocycles. The van der Waals surface area contributed by atoms with E-state index < -0.39 is 12.0 Å². The fraction of sp³-hybridized carbons (Fsp3) is 0.467. The third kappa shape index (κ3) is 4.57. The Labute approximate surface area is 119 Å². The Morgan fingerprint density at radius 1 is 1.15 bits per heavy atom. The maximum atomic E-state index is 12.1. The van der Waals surface area contributed by atoms with Crippen LogP contribution in [-0.4, -0.2) is 32.1 Å². The molecule has 0 fully saturated rings. The van der Waals surface area contributed by atoms with Gasteiger partial charge in [-0.3, -0.25) is 4.79 Å². The highest BCUT2D eigenvalue weighted by Gasteiger charge is 2.23. The summed E-state index contributed by atoms with van der Waals surface area (Å²) < 4.78 is 9.75. The highest BCUT2D eigenvalue weighted by Crippen LogP contribution is 2.12. The zero-order chi connectivity index (χ0) is 15.1. The van der Waals surface area contributed by atoms with Crippen LogP contribution < -0.4 is 10.1 Å². The van der Waals surface area contributed by atoms with Crippen molar-refractivity contribution >= 4 is 11.9 Å². The topological polar surface area (TPSA) is 64.6 Å². The smallest absolute Gasteiger partial charge is 0.328 e. The van der Waals surface area contributed by atoms with Crippen LogP contribution in [-0.2, 0) is 9.53 Å². The highest BCUT2D eigenvalue weighted by atomic mass is 16.5. The molecular formula is C15H21NO4. The maximum Gasteiger partial charge on any atom is 0.328 e. The predicted octanol–water partition coefficient (Wildman–Crippen LogP) is 2.01. The minimum Gasteiger partial charge on any atom is -0.497 e. The average molecular weight is 279 g/mol. The molecule has 0 radical (unpaired) electrons. The van der Waals surface area contributed by atoms with Gasteiger partial charge in [0.25, 0.3) is 5.91 Å². The molecule has 0 aromatic heterocycles. The number of hydrogen-bond donors (Lipinski definition) is 1. The Balaban J connectivity index is 2.76. The number of hydrogen-bond acceptors (Lipinski definition) is 4. The molecule has 110 valence electrons. The van der Waals surface area contributed by atoms with Gasteiger partial charge in [0.05, 0.1) is 14.2 Å². The fourth-order valence-corrected chi connectivity index (χ4v) is 1.81. The van der Waals surface area contributed by atoms with Gasteiger partial charge < -0.3 is 14.8 Å². The number of rotatable bonds is 6. The van der Waals surface area contributed by atoms with Gasteiger partial charge in [0.1, 0.15) is 11.8 Å². The van der Waals surface area contributed by atoms with E-state index in [1.807, 2.05) is 13.8 Å². The zero-order valence-electron chi connectivity index (χ0n) is 12.3. The molecular weight excluding hydrogens is 258 g/mol. The molecule has 0 aliphatic rings. The van der Waals surface area contributed by atoms with Gasteiger partial charge >= 0.3 is 5.97 Å². The molecule has 5 heteroatoms. The second-order valence-electron chi connectivity index (χ2n) is 4.91. The number of nitrogens with one attached hydrogen (secondary N) is 1. The number of benzene rings is 1. The van der Waals surface area contributed by atoms with E-state index in [0.717, 1.165) is 0 Å². The number of methoxy groups -OCH3 is 2. The van der Waals surface area contributed by atoms with Gasteiger partial charge in [0.15, 0.2) is 0 Å². The van der Waals surface area contributed by atoms with Gasteiger partial charge in [-0.15, -0.1) is 0 Å². The molecule has 0 aliphatic carbocycles. The minimum absolute atomic E-state index is 0.273. The molecule has 1 aromatic rings. The first-order chi connectivity index (χ1) is 9.47. The summed E-state index contributed by atoms with van der Waals surface area (Å²) in [7, 11) is 2.88. The van der Waals surface area contributed by atoms with E-state index in [4.69, 9.17) is 9.47 Å². The van der Waals surface area contributed by atoms with Crippen LogP contribution in [0.2, 0.25) is 0 Å². The first kappa shape index (κ1) is 16.0. The molecule has 0 aliphatic heterocycles. The van der Waals surface area contributed by atoms with Crippen molar-refractivity contribution in [1.29, 1.82) is 0 Å². The first-order valence-electron chi connectivity index (χ1n) is 6.50. The summed E-state index contributed by atoms with van der Waals surface area (Å²) in [6.45, 7) is 3.96. The molecule has 1 atom stereocenters. The van der Waals surface area contributed by atoms with Crippen LogP contribution in [0, 0.1) is 5.92 Å². The van der Waals surface area contributed by atoms with Crippen molar-refractivity contribution < 1.29 is 19.1 Å². The van der Waals surface area contributed by atoms with Crippen molar-refractivity contribution in [1.82, 2.24) is 5.32 Å². The van der Waals surface area contributed by atoms with Crippen molar-refractivity contribution in [3.8, 4) is 5.75 Å². The Hall–Kier alpha value is -2.04. The van der Waals surface area contributed by atoms with Crippen LogP contribution in [0.4, 0.5) is 0 Å². The minimum atomic E-state index is -0.630. The van der Waals surface area contributed by atoms with E-state index in [1.165, 1.54) is 7.11 Å². The van der Waals surface area contributed by atoms with Gasteiger partial charge in [0.2, 0.25) is 0 Å². The predicted molar refractivity (Wildman–Crippen MR) is 75.7 cm³/mol. The third-order valence-corrected chi connectivity index (χ3v) is 2.85. The SMILES string of the molecule is COC(=O)[C@H](CC(C)C)NC(=O)c1ccc(OC)cc1. The Morgan fingerprint density at radius 3 is 2.20 bits per heavy atom. The number of amides is 1. The van der Waals surface area contributed by atoms with Crippen LogP contribution in [0.15, 0.2) is 24.3 Å². The van der Waals surface area contributed by atoms with Crippen LogP contribution in [0.5, 0.6) is 5.75 Å².